The molecule has 0 spiro atoms. The molecule has 2 atom stereocenters. The Labute approximate surface area is 136 Å². The largest absolute Gasteiger partial charge is 0.494 e. The summed E-state index contributed by atoms with van der Waals surface area (Å²) in [7, 11) is 1.63. The van der Waals surface area contributed by atoms with Crippen LogP contribution >= 0.6 is 11.8 Å². The number of amides is 2. The Hall–Kier alpha value is -1.40. The van der Waals surface area contributed by atoms with E-state index in [0.29, 0.717) is 13.2 Å². The van der Waals surface area contributed by atoms with Gasteiger partial charge in [-0.2, -0.15) is 11.8 Å². The van der Waals surface area contributed by atoms with Gasteiger partial charge in [-0.15, -0.1) is 0 Å². The number of thioether (sulfide) groups is 1. The molecule has 1 aliphatic heterocycles. The lowest BCUT2D eigenvalue weighted by Crippen LogP contribution is -2.44. The second-order valence-electron chi connectivity index (χ2n) is 5.19. The summed E-state index contributed by atoms with van der Waals surface area (Å²) in [5.74, 6) is 2.94. The van der Waals surface area contributed by atoms with Crippen molar-refractivity contribution in [3.63, 3.8) is 0 Å². The summed E-state index contributed by atoms with van der Waals surface area (Å²) in [6.07, 6.45) is 1.04. The standard InChI is InChI=1S/C16H24N2O3S/c1-3-21-14-6-4-12(5-7-14)15(10-20-2)18-16(19)17-13-8-9-22-11-13/h4-7,13,15H,3,8-11H2,1-2H3,(H2,17,18,19)/t13-,15-/m0/s1. The molecule has 22 heavy (non-hydrogen) atoms. The fourth-order valence-electron chi connectivity index (χ4n) is 2.38. The zero-order valence-corrected chi connectivity index (χ0v) is 13.9. The van der Waals surface area contributed by atoms with Crippen LogP contribution in [0, 0.1) is 0 Å². The van der Waals surface area contributed by atoms with Crippen LogP contribution in [0.4, 0.5) is 4.79 Å². The van der Waals surface area contributed by atoms with Crippen molar-refractivity contribution >= 4 is 17.8 Å². The molecular weight excluding hydrogens is 300 g/mol. The third-order valence-electron chi connectivity index (χ3n) is 3.50. The van der Waals surface area contributed by atoms with Gasteiger partial charge in [-0.1, -0.05) is 12.1 Å². The summed E-state index contributed by atoms with van der Waals surface area (Å²) in [4.78, 5) is 12.1. The predicted molar refractivity (Wildman–Crippen MR) is 89.6 cm³/mol. The van der Waals surface area contributed by atoms with Crippen molar-refractivity contribution in [2.45, 2.75) is 25.4 Å². The Bertz CT molecular complexity index is 461. The van der Waals surface area contributed by atoms with E-state index in [0.717, 1.165) is 29.2 Å². The van der Waals surface area contributed by atoms with Crippen molar-refractivity contribution in [2.24, 2.45) is 0 Å². The van der Waals surface area contributed by atoms with Crippen molar-refractivity contribution in [1.29, 1.82) is 0 Å². The maximum atomic E-state index is 12.1. The first-order valence-electron chi connectivity index (χ1n) is 7.59. The summed E-state index contributed by atoms with van der Waals surface area (Å²) < 4.78 is 10.7. The number of rotatable bonds is 7. The zero-order chi connectivity index (χ0) is 15.8. The minimum Gasteiger partial charge on any atom is -0.494 e. The van der Waals surface area contributed by atoms with E-state index < -0.39 is 0 Å². The molecule has 2 N–H and O–H groups in total. The highest BCUT2D eigenvalue weighted by molar-refractivity contribution is 7.99. The molecule has 0 bridgehead atoms. The van der Waals surface area contributed by atoms with Crippen LogP contribution in [0.5, 0.6) is 5.75 Å². The van der Waals surface area contributed by atoms with Gasteiger partial charge >= 0.3 is 6.03 Å². The summed E-state index contributed by atoms with van der Waals surface area (Å²) in [6, 6.07) is 7.70. The van der Waals surface area contributed by atoms with E-state index in [1.807, 2.05) is 43.0 Å². The number of hydrogen-bond donors (Lipinski definition) is 2. The summed E-state index contributed by atoms with van der Waals surface area (Å²) in [5, 5.41) is 6.01. The number of hydrogen-bond acceptors (Lipinski definition) is 4. The lowest BCUT2D eigenvalue weighted by atomic mass is 10.1. The summed E-state index contributed by atoms with van der Waals surface area (Å²) in [6.45, 7) is 3.02. The van der Waals surface area contributed by atoms with Crippen molar-refractivity contribution < 1.29 is 14.3 Å². The van der Waals surface area contributed by atoms with E-state index in [2.05, 4.69) is 10.6 Å². The first kappa shape index (κ1) is 17.0. The Kier molecular flexibility index (Phi) is 6.86. The summed E-state index contributed by atoms with van der Waals surface area (Å²) >= 11 is 1.87. The van der Waals surface area contributed by atoms with Gasteiger partial charge in [0.15, 0.2) is 0 Å². The topological polar surface area (TPSA) is 59.6 Å². The van der Waals surface area contributed by atoms with E-state index in [-0.39, 0.29) is 18.1 Å². The lowest BCUT2D eigenvalue weighted by Gasteiger charge is -2.20. The minimum absolute atomic E-state index is 0.136. The highest BCUT2D eigenvalue weighted by Gasteiger charge is 2.20. The number of ether oxygens (including phenoxy) is 2. The SMILES string of the molecule is CCOc1ccc([C@H](COC)NC(=O)N[C@H]2CCSC2)cc1. The number of urea groups is 1. The number of methoxy groups -OCH3 is 1. The van der Waals surface area contributed by atoms with Gasteiger partial charge in [0.25, 0.3) is 0 Å². The van der Waals surface area contributed by atoms with Crippen LogP contribution in [0.15, 0.2) is 24.3 Å². The van der Waals surface area contributed by atoms with E-state index >= 15 is 0 Å². The van der Waals surface area contributed by atoms with Crippen LogP contribution in [0.1, 0.15) is 24.9 Å². The van der Waals surface area contributed by atoms with Crippen LogP contribution < -0.4 is 15.4 Å². The predicted octanol–water partition coefficient (Wildman–Crippen LogP) is 2.58. The molecule has 1 saturated heterocycles. The monoisotopic (exact) mass is 324 g/mol. The Morgan fingerprint density at radius 1 is 1.41 bits per heavy atom. The van der Waals surface area contributed by atoms with Gasteiger partial charge in [0.2, 0.25) is 0 Å². The molecule has 1 heterocycles. The van der Waals surface area contributed by atoms with Gasteiger partial charge in [0, 0.05) is 18.9 Å². The molecule has 122 valence electrons. The molecular formula is C16H24N2O3S. The molecule has 6 heteroatoms. The molecule has 2 rings (SSSR count). The number of carbonyl (C=O) groups is 1. The maximum absolute atomic E-state index is 12.1. The van der Waals surface area contributed by atoms with Gasteiger partial charge in [-0.05, 0) is 36.8 Å². The quantitative estimate of drug-likeness (QED) is 0.809. The first-order chi connectivity index (χ1) is 10.7. The number of nitrogens with one attached hydrogen (secondary N) is 2. The fraction of sp³-hybridized carbons (Fsp3) is 0.562. The van der Waals surface area contributed by atoms with E-state index in [4.69, 9.17) is 9.47 Å². The second-order valence-corrected chi connectivity index (χ2v) is 6.34. The minimum atomic E-state index is -0.172. The Morgan fingerprint density at radius 2 is 2.18 bits per heavy atom. The average Bonchev–Trinajstić information content (AvgIpc) is 3.01. The molecule has 1 aromatic rings. The van der Waals surface area contributed by atoms with Crippen molar-refractivity contribution in [3.8, 4) is 5.75 Å². The van der Waals surface area contributed by atoms with E-state index in [1.54, 1.807) is 7.11 Å². The molecule has 0 unspecified atom stereocenters. The van der Waals surface area contributed by atoms with Crippen molar-refractivity contribution in [1.82, 2.24) is 10.6 Å². The first-order valence-corrected chi connectivity index (χ1v) is 8.75. The van der Waals surface area contributed by atoms with Gasteiger partial charge < -0.3 is 20.1 Å². The third kappa shape index (κ3) is 5.10. The van der Waals surface area contributed by atoms with Gasteiger partial charge in [0.05, 0.1) is 19.3 Å². The normalized spacial score (nSPS) is 18.7. The Morgan fingerprint density at radius 3 is 2.77 bits per heavy atom. The van der Waals surface area contributed by atoms with Gasteiger partial charge in [-0.3, -0.25) is 0 Å². The highest BCUT2D eigenvalue weighted by Crippen LogP contribution is 2.19. The van der Waals surface area contributed by atoms with Gasteiger partial charge in [0.1, 0.15) is 5.75 Å². The van der Waals surface area contributed by atoms with Gasteiger partial charge in [-0.25, -0.2) is 4.79 Å². The van der Waals surface area contributed by atoms with Crippen molar-refractivity contribution in [3.05, 3.63) is 29.8 Å². The molecule has 0 saturated carbocycles. The maximum Gasteiger partial charge on any atom is 0.315 e. The average molecular weight is 324 g/mol. The van der Waals surface area contributed by atoms with Crippen molar-refractivity contribution in [2.75, 3.05) is 31.8 Å². The third-order valence-corrected chi connectivity index (χ3v) is 4.66. The smallest absolute Gasteiger partial charge is 0.315 e. The van der Waals surface area contributed by atoms with Crippen LogP contribution in [0.25, 0.3) is 0 Å². The molecule has 1 aliphatic rings. The van der Waals surface area contributed by atoms with Crippen LogP contribution in [-0.4, -0.2) is 43.9 Å². The molecule has 1 fully saturated rings. The zero-order valence-electron chi connectivity index (χ0n) is 13.1. The molecule has 2 amide bonds. The van der Waals surface area contributed by atoms with E-state index in [1.165, 1.54) is 0 Å². The number of carbonyl (C=O) groups excluding carboxylic acids is 1. The number of benzene rings is 1. The Balaban J connectivity index is 1.94. The molecule has 0 radical (unpaired) electrons. The molecule has 0 aliphatic carbocycles. The van der Waals surface area contributed by atoms with Crippen LogP contribution in [0.3, 0.4) is 0 Å². The molecule has 0 aromatic heterocycles. The second kappa shape index (κ2) is 8.90. The summed E-state index contributed by atoms with van der Waals surface area (Å²) in [5.41, 5.74) is 1.00. The highest BCUT2D eigenvalue weighted by atomic mass is 32.2. The molecule has 1 aromatic carbocycles. The van der Waals surface area contributed by atoms with E-state index in [9.17, 15) is 4.79 Å². The molecule has 5 nitrogen and oxygen atoms in total. The fourth-order valence-corrected chi connectivity index (χ4v) is 3.54. The van der Waals surface area contributed by atoms with Crippen LogP contribution in [-0.2, 0) is 4.74 Å². The lowest BCUT2D eigenvalue weighted by molar-refractivity contribution is 0.165. The van der Waals surface area contributed by atoms with Crippen LogP contribution in [0.2, 0.25) is 0 Å².